The highest BCUT2D eigenvalue weighted by Crippen LogP contribution is 2.47. The van der Waals surface area contributed by atoms with Crippen LogP contribution in [-0.2, 0) is 0 Å². The van der Waals surface area contributed by atoms with Gasteiger partial charge in [-0.05, 0) is 57.2 Å². The first-order valence-corrected chi connectivity index (χ1v) is 9.32. The van der Waals surface area contributed by atoms with Gasteiger partial charge in [0.2, 0.25) is 0 Å². The molecule has 0 radical (unpaired) electrons. The van der Waals surface area contributed by atoms with Gasteiger partial charge in [0.15, 0.2) is 0 Å². The first-order valence-electron chi connectivity index (χ1n) is 8.12. The minimum atomic E-state index is 0.118. The predicted octanol–water partition coefficient (Wildman–Crippen LogP) is 5.27. The summed E-state index contributed by atoms with van der Waals surface area (Å²) in [7, 11) is 2.20. The molecule has 0 spiro atoms. The van der Waals surface area contributed by atoms with Crippen molar-refractivity contribution in [1.29, 1.82) is 0 Å². The third kappa shape index (κ3) is 3.10. The van der Waals surface area contributed by atoms with Crippen molar-refractivity contribution in [2.45, 2.75) is 28.7 Å². The Morgan fingerprint density at radius 3 is 2.70 bits per heavy atom. The monoisotopic (exact) mass is 345 g/mol. The van der Waals surface area contributed by atoms with E-state index >= 15 is 0 Å². The van der Waals surface area contributed by atoms with Crippen LogP contribution in [0.25, 0.3) is 0 Å². The van der Waals surface area contributed by atoms with Crippen LogP contribution in [0.2, 0.25) is 5.02 Å². The third-order valence-electron chi connectivity index (χ3n) is 4.80. The van der Waals surface area contributed by atoms with Crippen molar-refractivity contribution in [3.05, 3.63) is 53.1 Å². The van der Waals surface area contributed by atoms with Crippen LogP contribution in [0.3, 0.4) is 0 Å². The number of rotatable bonds is 1. The highest BCUT2D eigenvalue weighted by atomic mass is 35.5. The first-order chi connectivity index (χ1) is 11.2. The molecule has 4 heteroatoms. The Balaban J connectivity index is 1.74. The summed E-state index contributed by atoms with van der Waals surface area (Å²) in [4.78, 5) is 4.85. The summed E-state index contributed by atoms with van der Waals surface area (Å²) in [6, 6.07) is 14.6. The molecule has 0 bridgehead atoms. The van der Waals surface area contributed by atoms with Gasteiger partial charge in [0.25, 0.3) is 0 Å². The van der Waals surface area contributed by atoms with Crippen LogP contribution in [0.15, 0.2) is 52.3 Å². The number of fused-ring (bicyclic) bond motifs is 2. The summed E-state index contributed by atoms with van der Waals surface area (Å²) >= 11 is 7.98. The van der Waals surface area contributed by atoms with Crippen LogP contribution in [0.1, 0.15) is 24.5 Å². The molecule has 1 atom stereocenters. The molecule has 0 aromatic heterocycles. The van der Waals surface area contributed by atoms with Gasteiger partial charge in [0.05, 0.1) is 4.90 Å². The fourth-order valence-corrected chi connectivity index (χ4v) is 4.66. The van der Waals surface area contributed by atoms with Gasteiger partial charge in [-0.3, -0.25) is 0 Å². The van der Waals surface area contributed by atoms with E-state index in [1.165, 1.54) is 23.3 Å². The lowest BCUT2D eigenvalue weighted by molar-refractivity contribution is 0.0818. The Morgan fingerprint density at radius 2 is 1.87 bits per heavy atom. The minimum absolute atomic E-state index is 0.118. The topological polar surface area (TPSA) is 12.5 Å². The number of nitrogens with zero attached hydrogens (tertiary/aromatic N) is 1. The van der Waals surface area contributed by atoms with Gasteiger partial charge in [0, 0.05) is 21.4 Å². The van der Waals surface area contributed by atoms with E-state index in [0.29, 0.717) is 5.92 Å². The van der Waals surface area contributed by atoms with Gasteiger partial charge < -0.3 is 9.64 Å². The molecule has 2 aromatic carbocycles. The smallest absolute Gasteiger partial charge is 0.135 e. The predicted molar refractivity (Wildman–Crippen MR) is 95.6 cm³/mol. The molecule has 23 heavy (non-hydrogen) atoms. The Hall–Kier alpha value is -1.16. The van der Waals surface area contributed by atoms with Crippen LogP contribution in [0.4, 0.5) is 0 Å². The van der Waals surface area contributed by atoms with Crippen molar-refractivity contribution in [3.8, 4) is 5.75 Å². The van der Waals surface area contributed by atoms with Gasteiger partial charge in [0.1, 0.15) is 11.9 Å². The van der Waals surface area contributed by atoms with Crippen molar-refractivity contribution >= 4 is 23.4 Å². The molecule has 4 rings (SSSR count). The molecule has 2 nitrogen and oxygen atoms in total. The highest BCUT2D eigenvalue weighted by Gasteiger charge is 2.32. The van der Waals surface area contributed by atoms with Gasteiger partial charge >= 0.3 is 0 Å². The fraction of sp³-hybridized carbons (Fsp3) is 0.368. The molecule has 0 aliphatic carbocycles. The molecule has 2 aliphatic rings. The number of hydrogen-bond acceptors (Lipinski definition) is 3. The zero-order valence-electron chi connectivity index (χ0n) is 13.2. The average Bonchev–Trinajstić information content (AvgIpc) is 2.72. The lowest BCUT2D eigenvalue weighted by atomic mass is 9.87. The summed E-state index contributed by atoms with van der Waals surface area (Å²) in [6.07, 6.45) is 2.47. The largest absolute Gasteiger partial charge is 0.484 e. The normalized spacial score (nSPS) is 21.9. The molecule has 0 amide bonds. The van der Waals surface area contributed by atoms with E-state index in [9.17, 15) is 0 Å². The van der Waals surface area contributed by atoms with Crippen LogP contribution in [-0.4, -0.2) is 25.0 Å². The van der Waals surface area contributed by atoms with Crippen LogP contribution in [0.5, 0.6) is 5.75 Å². The summed E-state index contributed by atoms with van der Waals surface area (Å²) in [5.74, 6) is 1.47. The number of ether oxygens (including phenoxy) is 1. The third-order valence-corrected chi connectivity index (χ3v) is 6.18. The molecule has 0 N–H and O–H groups in total. The Labute approximate surface area is 146 Å². The van der Waals surface area contributed by atoms with E-state index in [0.717, 1.165) is 28.8 Å². The lowest BCUT2D eigenvalue weighted by Gasteiger charge is -2.34. The molecule has 0 unspecified atom stereocenters. The number of hydrogen-bond donors (Lipinski definition) is 0. The van der Waals surface area contributed by atoms with Crippen LogP contribution < -0.4 is 4.74 Å². The maximum atomic E-state index is 6.52. The Kier molecular flexibility index (Phi) is 4.27. The standard InChI is InChI=1S/C19H20ClNOS/c1-21-10-8-13(9-11-21)19-15-4-2-3-5-17(15)23-18-7-6-14(20)12-16(18)22-19/h2-7,12-13,19H,8-11H2,1H3/t19-/m0/s1. The fourth-order valence-electron chi connectivity index (χ4n) is 3.47. The molecular formula is C19H20ClNOS. The van der Waals surface area contributed by atoms with Crippen LogP contribution in [0, 0.1) is 5.92 Å². The molecule has 120 valence electrons. The van der Waals surface area contributed by atoms with Crippen molar-refractivity contribution < 1.29 is 4.74 Å². The van der Waals surface area contributed by atoms with E-state index in [2.05, 4.69) is 42.3 Å². The highest BCUT2D eigenvalue weighted by molar-refractivity contribution is 7.99. The van der Waals surface area contributed by atoms with Crippen LogP contribution >= 0.6 is 23.4 Å². The molecule has 1 saturated heterocycles. The van der Waals surface area contributed by atoms with E-state index in [1.54, 1.807) is 11.8 Å². The number of likely N-dealkylation sites (tertiary alicyclic amines) is 1. The number of halogens is 1. The molecule has 0 saturated carbocycles. The maximum absolute atomic E-state index is 6.52. The Morgan fingerprint density at radius 1 is 1.09 bits per heavy atom. The summed E-state index contributed by atoms with van der Waals surface area (Å²) < 4.78 is 6.52. The van der Waals surface area contributed by atoms with Crippen molar-refractivity contribution in [2.24, 2.45) is 5.92 Å². The summed E-state index contributed by atoms with van der Waals surface area (Å²) in [6.45, 7) is 2.28. The van der Waals surface area contributed by atoms with Crippen molar-refractivity contribution in [1.82, 2.24) is 4.90 Å². The number of piperidine rings is 1. The number of benzene rings is 2. The molecule has 2 aromatic rings. The molecule has 1 fully saturated rings. The van der Waals surface area contributed by atoms with Gasteiger partial charge in [-0.25, -0.2) is 0 Å². The zero-order valence-corrected chi connectivity index (χ0v) is 14.7. The average molecular weight is 346 g/mol. The quantitative estimate of drug-likeness (QED) is 0.699. The lowest BCUT2D eigenvalue weighted by Crippen LogP contribution is -2.34. The SMILES string of the molecule is CN1CCC([C@@H]2Oc3cc(Cl)ccc3Sc3ccccc32)CC1. The zero-order chi connectivity index (χ0) is 15.8. The Bertz CT molecular complexity index is 712. The summed E-state index contributed by atoms with van der Waals surface area (Å²) in [5.41, 5.74) is 1.32. The molecule has 2 aliphatic heterocycles. The van der Waals surface area contributed by atoms with Crippen molar-refractivity contribution in [3.63, 3.8) is 0 Å². The van der Waals surface area contributed by atoms with E-state index < -0.39 is 0 Å². The summed E-state index contributed by atoms with van der Waals surface area (Å²) in [5, 5.41) is 0.734. The minimum Gasteiger partial charge on any atom is -0.484 e. The first kappa shape index (κ1) is 15.4. The van der Waals surface area contributed by atoms with Gasteiger partial charge in [-0.15, -0.1) is 0 Å². The molecule has 2 heterocycles. The van der Waals surface area contributed by atoms with E-state index in [4.69, 9.17) is 16.3 Å². The maximum Gasteiger partial charge on any atom is 0.135 e. The van der Waals surface area contributed by atoms with E-state index in [1.807, 2.05) is 12.1 Å². The second-order valence-corrected chi connectivity index (χ2v) is 7.93. The van der Waals surface area contributed by atoms with Crippen molar-refractivity contribution in [2.75, 3.05) is 20.1 Å². The van der Waals surface area contributed by atoms with Gasteiger partial charge in [-0.1, -0.05) is 41.6 Å². The van der Waals surface area contributed by atoms with E-state index in [-0.39, 0.29) is 6.10 Å². The molecular weight excluding hydrogens is 326 g/mol. The second-order valence-electron chi connectivity index (χ2n) is 6.41. The van der Waals surface area contributed by atoms with Gasteiger partial charge in [-0.2, -0.15) is 0 Å². The second kappa shape index (κ2) is 6.39.